The van der Waals surface area contributed by atoms with Crippen LogP contribution in [0.2, 0.25) is 20.1 Å². The Bertz CT molecular complexity index is 6810. The molecule has 0 spiro atoms. The summed E-state index contributed by atoms with van der Waals surface area (Å²) >= 11 is 28.9. The van der Waals surface area contributed by atoms with Crippen LogP contribution in [0.25, 0.3) is 22.7 Å². The van der Waals surface area contributed by atoms with Crippen molar-refractivity contribution in [3.8, 4) is 28.5 Å². The van der Waals surface area contributed by atoms with Crippen molar-refractivity contribution in [3.63, 3.8) is 0 Å². The predicted molar refractivity (Wildman–Crippen MR) is 495 cm³/mol. The summed E-state index contributed by atoms with van der Waals surface area (Å²) in [4.78, 5) is 78.1. The molecule has 17 rings (SSSR count). The van der Waals surface area contributed by atoms with E-state index >= 15 is 0 Å². The zero-order chi connectivity index (χ0) is 87.2. The minimum Gasteiger partial charge on any atom is -0.493 e. The Labute approximate surface area is 742 Å². The molecule has 0 aliphatic carbocycles. The highest BCUT2D eigenvalue weighted by Crippen LogP contribution is 2.36. The lowest BCUT2D eigenvalue weighted by molar-refractivity contribution is 0.253. The molecule has 0 amide bonds. The zero-order valence-corrected chi connectivity index (χ0v) is 75.3. The van der Waals surface area contributed by atoms with Crippen LogP contribution in [0.15, 0.2) is 257 Å². The Balaban J connectivity index is 0.000000134. The van der Waals surface area contributed by atoms with Crippen LogP contribution in [0.3, 0.4) is 0 Å². The molecule has 0 saturated heterocycles. The van der Waals surface area contributed by atoms with E-state index in [0.717, 1.165) is 111 Å². The summed E-state index contributed by atoms with van der Waals surface area (Å²) in [5.74, 6) is 0.241. The monoisotopic (exact) mass is 1760 g/mol. The van der Waals surface area contributed by atoms with E-state index in [1.54, 1.807) is 115 Å². The van der Waals surface area contributed by atoms with Gasteiger partial charge in [0.25, 0.3) is 22.2 Å². The summed E-state index contributed by atoms with van der Waals surface area (Å²) < 4.78 is 34.5. The molecule has 0 saturated carbocycles. The number of aromatic nitrogens is 13. The topological polar surface area (TPSA) is 181 Å². The second-order valence-corrected chi connectivity index (χ2v) is 35.6. The first-order valence-corrected chi connectivity index (χ1v) is 43.6. The highest BCUT2D eigenvalue weighted by molar-refractivity contribution is 7.12. The normalized spacial score (nSPS) is 13.0. The minimum atomic E-state index is -0.358. The summed E-state index contributed by atoms with van der Waals surface area (Å²) in [6, 6.07) is 46.0. The van der Waals surface area contributed by atoms with Crippen molar-refractivity contribution in [2.75, 3.05) is 6.61 Å². The van der Waals surface area contributed by atoms with Crippen molar-refractivity contribution in [1.82, 2.24) is 61.5 Å². The Morgan fingerprint density at radius 3 is 1.20 bits per heavy atom. The lowest BCUT2D eigenvalue weighted by Gasteiger charge is -2.28. The molecule has 0 bridgehead atoms. The number of benzene rings is 5. The number of nitrogens with zero attached hydrogens (tertiary/aromatic N) is 13. The first kappa shape index (κ1) is 87.5. The molecule has 0 N–H and O–H groups in total. The number of hydrogen-bond acceptors (Lipinski definition) is 12. The third-order valence-electron chi connectivity index (χ3n) is 22.0. The van der Waals surface area contributed by atoms with Gasteiger partial charge in [-0.2, -0.15) is 0 Å². The maximum absolute atomic E-state index is 14.0. The molecule has 1 aliphatic heterocycles. The van der Waals surface area contributed by atoms with Crippen molar-refractivity contribution >= 4 is 69.1 Å². The fourth-order valence-corrected chi connectivity index (χ4v) is 18.4. The third kappa shape index (κ3) is 20.8. The maximum Gasteiger partial charge on any atom is 0.254 e. The molecule has 1 aliphatic rings. The predicted octanol–water partition coefficient (Wildman–Crippen LogP) is 22.1. The fourth-order valence-electron chi connectivity index (χ4n) is 15.7. The van der Waals surface area contributed by atoms with Crippen molar-refractivity contribution in [2.45, 2.75) is 146 Å². The van der Waals surface area contributed by atoms with Gasteiger partial charge in [-0.15, -0.1) is 22.7 Å². The van der Waals surface area contributed by atoms with Gasteiger partial charge in [-0.05, 0) is 236 Å². The van der Waals surface area contributed by atoms with E-state index in [1.165, 1.54) is 17.0 Å². The summed E-state index contributed by atoms with van der Waals surface area (Å²) in [5, 5.41) is 4.19. The SMILES string of the molecule is Cc1cn(-c2ccc(Cc3cc(Cl)cn(C4CCOc5ccc(F)cc54)c3=O)cc2C)cn1.Cc1cn(-c2ccc(Cc3cc(Cl)cn([C@@H](C)c4ccc(C)s4)c3=O)cc2C)cn1.Cc1cn(-c2ccc(Cc3cc(Cl)cn([C@@H](C)c4cccs4)c3=O)cc2C)cn1.Cc1cncc([C@H](C)n2cc(Cl)cc(Cc3ccc(-n4cnc(C)c4)c(C)c3)c2=O)c1. The van der Waals surface area contributed by atoms with Gasteiger partial charge < -0.3 is 41.3 Å². The Morgan fingerprint density at radius 1 is 0.431 bits per heavy atom. The van der Waals surface area contributed by atoms with Crippen LogP contribution in [0.4, 0.5) is 4.39 Å². The van der Waals surface area contributed by atoms with Gasteiger partial charge in [0, 0.05) is 159 Å². The van der Waals surface area contributed by atoms with E-state index in [9.17, 15) is 23.6 Å². The second kappa shape index (κ2) is 38.3. The van der Waals surface area contributed by atoms with Crippen molar-refractivity contribution in [3.05, 3.63) is 426 Å². The van der Waals surface area contributed by atoms with Crippen LogP contribution in [-0.2, 0) is 25.7 Å². The highest BCUT2D eigenvalue weighted by atomic mass is 35.5. The van der Waals surface area contributed by atoms with Crippen LogP contribution in [-0.4, -0.2) is 68.1 Å². The van der Waals surface area contributed by atoms with E-state index in [1.807, 2.05) is 160 Å². The molecule has 11 aromatic heterocycles. The average molecular weight is 1760 g/mol. The molecule has 5 aromatic carbocycles. The van der Waals surface area contributed by atoms with E-state index in [2.05, 4.69) is 125 Å². The van der Waals surface area contributed by atoms with Crippen LogP contribution in [0.1, 0.15) is 172 Å². The molecule has 1 unspecified atom stereocenters. The number of imidazole rings is 4. The first-order chi connectivity index (χ1) is 58.9. The summed E-state index contributed by atoms with van der Waals surface area (Å²) in [7, 11) is 0. The van der Waals surface area contributed by atoms with Gasteiger partial charge in [0.2, 0.25) is 0 Å². The van der Waals surface area contributed by atoms with E-state index < -0.39 is 0 Å². The molecule has 18 nitrogen and oxygen atoms in total. The van der Waals surface area contributed by atoms with E-state index in [4.69, 9.17) is 51.1 Å². The lowest BCUT2D eigenvalue weighted by atomic mass is 9.99. The van der Waals surface area contributed by atoms with Gasteiger partial charge in [-0.25, -0.2) is 24.3 Å². The molecule has 16 aromatic rings. The maximum atomic E-state index is 14.0. The minimum absolute atomic E-state index is 0.00210. The Hall–Kier alpha value is -11.8. The number of pyridine rings is 5. The zero-order valence-electron chi connectivity index (χ0n) is 70.6. The molecule has 0 fully saturated rings. The van der Waals surface area contributed by atoms with E-state index in [-0.39, 0.29) is 52.2 Å². The Kier molecular flexibility index (Phi) is 27.3. The quantitative estimate of drug-likeness (QED) is 0.0755. The smallest absolute Gasteiger partial charge is 0.254 e. The molecule has 4 atom stereocenters. The number of ether oxygens (including phenoxy) is 1. The number of aryl methyl sites for hydroxylation is 10. The summed E-state index contributed by atoms with van der Waals surface area (Å²) in [6.45, 7) is 26.7. The van der Waals surface area contributed by atoms with Gasteiger partial charge in [0.05, 0.1) is 98.9 Å². The van der Waals surface area contributed by atoms with E-state index in [0.29, 0.717) is 92.4 Å². The molecule has 0 radical (unpaired) electrons. The third-order valence-corrected chi connectivity index (χ3v) is 25.0. The molecule has 12 heterocycles. The standard InChI is InChI=1S/C26H23ClFN3O2.C25H25ClN4O.C24H24ClN3OS.C23H22ClN3OS/c1-16-9-18(3-5-23(16)30-13-17(2)29-15-30)10-19-11-20(27)14-31(26(19)32)24-7-8-33-25-6-4-21(28)12-22(24)25;1-16-7-22(12-27-11-16)19(4)30-14-23(26)10-21(25(30)31)9-20-5-6-24(17(2)8-20)29-13-18(3)28-15-29;1-15-9-19(6-7-22(15)27-12-16(2)26-14-27)10-20-11-21(25)13-28(24(20)29)18(4)23-8-5-17(3)30-23;1-15-9-18(6-7-21(15)26-12-16(2)25-14-26)10-19-11-20(24)13-27(23(19)28)17(3)22-5-4-8-29-22/h3-6,9,11-15,24H,7-8,10H2,1-2H3;5-8,10-15,19H,9H2,1-4H3;5-9,11-14,18H,10H2,1-4H3;4-9,11-14,17H,10H2,1-3H3/t;19-;18-;17-/m.000/s1. The number of halogens is 5. The van der Waals surface area contributed by atoms with Crippen LogP contribution in [0, 0.1) is 75.1 Å². The van der Waals surface area contributed by atoms with Crippen LogP contribution < -0.4 is 27.0 Å². The van der Waals surface area contributed by atoms with Gasteiger partial charge in [0.15, 0.2) is 0 Å². The summed E-state index contributed by atoms with van der Waals surface area (Å²) in [6.07, 6.45) is 28.2. The van der Waals surface area contributed by atoms with Gasteiger partial charge in [-0.1, -0.05) is 107 Å². The number of fused-ring (bicyclic) bond motifs is 1. The Morgan fingerprint density at radius 2 is 0.829 bits per heavy atom. The molecule has 628 valence electrons. The number of hydrogen-bond donors (Lipinski definition) is 0. The molecular weight excluding hydrogens is 1660 g/mol. The van der Waals surface area contributed by atoms with Crippen LogP contribution in [0.5, 0.6) is 5.75 Å². The number of rotatable bonds is 19. The lowest BCUT2D eigenvalue weighted by Crippen LogP contribution is -2.31. The van der Waals surface area contributed by atoms with Crippen molar-refractivity contribution < 1.29 is 9.13 Å². The average Bonchev–Trinajstić information content (AvgIpc) is 1.33. The van der Waals surface area contributed by atoms with Gasteiger partial charge in [0.1, 0.15) is 11.6 Å². The first-order valence-electron chi connectivity index (χ1n) is 40.4. The number of thiophene rings is 2. The van der Waals surface area contributed by atoms with Crippen molar-refractivity contribution in [1.29, 1.82) is 0 Å². The molecular formula is C98H94Cl4FN13O5S2. The van der Waals surface area contributed by atoms with Crippen molar-refractivity contribution in [2.24, 2.45) is 0 Å². The molecule has 123 heavy (non-hydrogen) atoms. The highest BCUT2D eigenvalue weighted by Gasteiger charge is 2.27. The van der Waals surface area contributed by atoms with Gasteiger partial charge >= 0.3 is 0 Å². The second-order valence-electron chi connectivity index (χ2n) is 31.6. The largest absolute Gasteiger partial charge is 0.493 e. The van der Waals surface area contributed by atoms with Gasteiger partial charge in [-0.3, -0.25) is 24.2 Å². The van der Waals surface area contributed by atoms with Crippen LogP contribution >= 0.6 is 69.1 Å². The fraction of sp³-hybridized carbons (Fsp3) is 0.235. The summed E-state index contributed by atoms with van der Waals surface area (Å²) in [5.41, 5.74) is 22.1. The molecule has 25 heteroatoms.